The summed E-state index contributed by atoms with van der Waals surface area (Å²) in [6.45, 7) is 2.06. The van der Waals surface area contributed by atoms with Gasteiger partial charge in [-0.25, -0.2) is 0 Å². The number of thiophene rings is 1. The lowest BCUT2D eigenvalue weighted by Gasteiger charge is -2.22. The highest BCUT2D eigenvalue weighted by Crippen LogP contribution is 2.44. The Bertz CT molecular complexity index is 723. The van der Waals surface area contributed by atoms with Gasteiger partial charge in [-0.15, -0.1) is 11.3 Å². The van der Waals surface area contributed by atoms with Crippen LogP contribution < -0.4 is 5.32 Å². The van der Waals surface area contributed by atoms with E-state index in [9.17, 15) is 4.79 Å². The van der Waals surface area contributed by atoms with Gasteiger partial charge < -0.3 is 5.32 Å². The van der Waals surface area contributed by atoms with Crippen molar-refractivity contribution in [1.82, 2.24) is 5.32 Å². The molecule has 1 aromatic carbocycles. The standard InChI is InChI=1S/C17H18BrNOS/c1-9-13-8-12(18)4-5-15(13)21-16(9)17(20)19-14-7-10-2-3-11(14)6-10/h4-5,8,10-11,14H,2-3,6-7H2,1H3,(H,19,20)/t10-,11+,14-/m1/s1. The van der Waals surface area contributed by atoms with Crippen molar-refractivity contribution in [3.63, 3.8) is 0 Å². The first-order chi connectivity index (χ1) is 10.1. The van der Waals surface area contributed by atoms with Gasteiger partial charge in [0.05, 0.1) is 4.88 Å². The van der Waals surface area contributed by atoms with Crippen LogP contribution in [0.3, 0.4) is 0 Å². The zero-order chi connectivity index (χ0) is 14.6. The molecule has 110 valence electrons. The second-order valence-electron chi connectivity index (χ2n) is 6.45. The molecule has 0 saturated heterocycles. The number of carbonyl (C=O) groups excluding carboxylic acids is 1. The molecule has 0 unspecified atom stereocenters. The Balaban J connectivity index is 1.61. The molecule has 2 aliphatic carbocycles. The molecule has 2 saturated carbocycles. The van der Waals surface area contributed by atoms with E-state index >= 15 is 0 Å². The Morgan fingerprint density at radius 2 is 2.19 bits per heavy atom. The van der Waals surface area contributed by atoms with E-state index in [1.54, 1.807) is 11.3 Å². The van der Waals surface area contributed by atoms with Gasteiger partial charge in [-0.05, 0) is 67.2 Å². The molecule has 4 heteroatoms. The summed E-state index contributed by atoms with van der Waals surface area (Å²) in [5.41, 5.74) is 1.11. The normalized spacial score (nSPS) is 27.4. The maximum absolute atomic E-state index is 12.6. The Kier molecular flexibility index (Phi) is 3.34. The molecule has 3 atom stereocenters. The SMILES string of the molecule is Cc1c(C(=O)N[C@@H]2C[C@@H]3CC[C@H]2C3)sc2ccc(Br)cc12. The van der Waals surface area contributed by atoms with Crippen LogP contribution in [-0.2, 0) is 0 Å². The molecule has 0 radical (unpaired) electrons. The minimum Gasteiger partial charge on any atom is -0.348 e. The summed E-state index contributed by atoms with van der Waals surface area (Å²) < 4.78 is 2.25. The molecule has 0 spiro atoms. The van der Waals surface area contributed by atoms with Crippen LogP contribution in [0.25, 0.3) is 10.1 Å². The molecule has 1 amide bonds. The number of benzene rings is 1. The number of amides is 1. The number of rotatable bonds is 2. The van der Waals surface area contributed by atoms with Crippen LogP contribution in [0.5, 0.6) is 0 Å². The number of fused-ring (bicyclic) bond motifs is 3. The minimum atomic E-state index is 0.127. The second kappa shape index (κ2) is 5.10. The van der Waals surface area contributed by atoms with Gasteiger partial charge in [0.1, 0.15) is 0 Å². The largest absolute Gasteiger partial charge is 0.348 e. The number of nitrogens with one attached hydrogen (secondary N) is 1. The predicted molar refractivity (Wildman–Crippen MR) is 91.0 cm³/mol. The zero-order valence-corrected chi connectivity index (χ0v) is 14.4. The summed E-state index contributed by atoms with van der Waals surface area (Å²) >= 11 is 5.12. The highest BCUT2D eigenvalue weighted by molar-refractivity contribution is 9.10. The van der Waals surface area contributed by atoms with Crippen LogP contribution in [-0.4, -0.2) is 11.9 Å². The van der Waals surface area contributed by atoms with Gasteiger partial charge in [-0.1, -0.05) is 22.4 Å². The molecule has 4 rings (SSSR count). The van der Waals surface area contributed by atoms with Crippen molar-refractivity contribution in [3.8, 4) is 0 Å². The number of carbonyl (C=O) groups is 1. The number of aryl methyl sites for hydroxylation is 1. The molecular formula is C17H18BrNOS. The van der Waals surface area contributed by atoms with Crippen molar-refractivity contribution < 1.29 is 4.79 Å². The third-order valence-electron chi connectivity index (χ3n) is 5.16. The van der Waals surface area contributed by atoms with Gasteiger partial charge in [-0.3, -0.25) is 4.79 Å². The summed E-state index contributed by atoms with van der Waals surface area (Å²) in [6.07, 6.45) is 5.18. The lowest BCUT2D eigenvalue weighted by Crippen LogP contribution is -2.38. The van der Waals surface area contributed by atoms with Gasteiger partial charge in [0.25, 0.3) is 5.91 Å². The summed E-state index contributed by atoms with van der Waals surface area (Å²) in [5, 5.41) is 4.49. The Morgan fingerprint density at radius 3 is 2.90 bits per heavy atom. The molecule has 0 aliphatic heterocycles. The molecule has 2 aliphatic rings. The maximum Gasteiger partial charge on any atom is 0.261 e. The van der Waals surface area contributed by atoms with Crippen molar-refractivity contribution in [2.24, 2.45) is 11.8 Å². The van der Waals surface area contributed by atoms with Crippen molar-refractivity contribution in [1.29, 1.82) is 0 Å². The van der Waals surface area contributed by atoms with Crippen LogP contribution in [0.1, 0.15) is 40.9 Å². The fraction of sp³-hybridized carbons (Fsp3) is 0.471. The first kappa shape index (κ1) is 13.8. The summed E-state index contributed by atoms with van der Waals surface area (Å²) in [7, 11) is 0. The van der Waals surface area contributed by atoms with Crippen molar-refractivity contribution in [3.05, 3.63) is 33.1 Å². The van der Waals surface area contributed by atoms with Gasteiger partial charge in [0.2, 0.25) is 0 Å². The molecule has 1 aromatic heterocycles. The highest BCUT2D eigenvalue weighted by Gasteiger charge is 2.40. The Labute approximate surface area is 137 Å². The summed E-state index contributed by atoms with van der Waals surface area (Å²) in [6, 6.07) is 6.64. The van der Waals surface area contributed by atoms with Crippen LogP contribution >= 0.6 is 27.3 Å². The minimum absolute atomic E-state index is 0.127. The van der Waals surface area contributed by atoms with Gasteiger partial charge in [-0.2, -0.15) is 0 Å². The van der Waals surface area contributed by atoms with Crippen molar-refractivity contribution in [2.75, 3.05) is 0 Å². The summed E-state index contributed by atoms with van der Waals surface area (Å²) in [5.74, 6) is 1.71. The van der Waals surface area contributed by atoms with Crippen LogP contribution in [0.2, 0.25) is 0 Å². The molecule has 2 nitrogen and oxygen atoms in total. The highest BCUT2D eigenvalue weighted by atomic mass is 79.9. The van der Waals surface area contributed by atoms with E-state index < -0.39 is 0 Å². The smallest absolute Gasteiger partial charge is 0.261 e. The van der Waals surface area contributed by atoms with Crippen molar-refractivity contribution in [2.45, 2.75) is 38.6 Å². The average Bonchev–Trinajstić information content (AvgIpc) is 3.14. The third-order valence-corrected chi connectivity index (χ3v) is 6.92. The van der Waals surface area contributed by atoms with Crippen LogP contribution in [0.15, 0.2) is 22.7 Å². The van der Waals surface area contributed by atoms with Gasteiger partial charge in [0, 0.05) is 15.2 Å². The Morgan fingerprint density at radius 1 is 1.33 bits per heavy atom. The maximum atomic E-state index is 12.6. The fourth-order valence-corrected chi connectivity index (χ4v) is 5.52. The monoisotopic (exact) mass is 363 g/mol. The predicted octanol–water partition coefficient (Wildman–Crippen LogP) is 4.89. The molecule has 2 bridgehead atoms. The number of hydrogen-bond acceptors (Lipinski definition) is 2. The van der Waals surface area contributed by atoms with E-state index in [1.165, 1.54) is 35.8 Å². The average molecular weight is 364 g/mol. The van der Waals surface area contributed by atoms with Gasteiger partial charge in [0.15, 0.2) is 0 Å². The van der Waals surface area contributed by atoms with E-state index in [-0.39, 0.29) is 5.91 Å². The number of hydrogen-bond donors (Lipinski definition) is 1. The van der Waals surface area contributed by atoms with Crippen LogP contribution in [0.4, 0.5) is 0 Å². The fourth-order valence-electron chi connectivity index (χ4n) is 4.07. The topological polar surface area (TPSA) is 29.1 Å². The molecule has 1 N–H and O–H groups in total. The van der Waals surface area contributed by atoms with E-state index in [0.29, 0.717) is 6.04 Å². The molecule has 2 aromatic rings. The molecular weight excluding hydrogens is 346 g/mol. The third kappa shape index (κ3) is 2.33. The molecule has 2 fully saturated rings. The molecule has 1 heterocycles. The van der Waals surface area contributed by atoms with E-state index in [0.717, 1.165) is 26.7 Å². The van der Waals surface area contributed by atoms with E-state index in [4.69, 9.17) is 0 Å². The quantitative estimate of drug-likeness (QED) is 0.808. The lowest BCUT2D eigenvalue weighted by molar-refractivity contribution is 0.0926. The van der Waals surface area contributed by atoms with Crippen molar-refractivity contribution >= 4 is 43.3 Å². The van der Waals surface area contributed by atoms with Gasteiger partial charge >= 0.3 is 0 Å². The first-order valence-corrected chi connectivity index (χ1v) is 9.22. The lowest BCUT2D eigenvalue weighted by atomic mass is 9.95. The Hall–Kier alpha value is -0.870. The summed E-state index contributed by atoms with van der Waals surface area (Å²) in [4.78, 5) is 13.5. The zero-order valence-electron chi connectivity index (χ0n) is 12.0. The first-order valence-electron chi connectivity index (χ1n) is 7.61. The molecule has 21 heavy (non-hydrogen) atoms. The van der Waals surface area contributed by atoms with E-state index in [1.807, 2.05) is 6.07 Å². The number of halogens is 1. The second-order valence-corrected chi connectivity index (χ2v) is 8.42. The van der Waals surface area contributed by atoms with Crippen LogP contribution in [0, 0.1) is 18.8 Å². The van der Waals surface area contributed by atoms with E-state index in [2.05, 4.69) is 40.3 Å².